The Hall–Kier alpha value is -1.92. The number of ether oxygens (including phenoxy) is 1. The van der Waals surface area contributed by atoms with E-state index >= 15 is 0 Å². The van der Waals surface area contributed by atoms with E-state index in [-0.39, 0.29) is 5.97 Å². The highest BCUT2D eigenvalue weighted by atomic mass is 32.1. The maximum absolute atomic E-state index is 12.5. The summed E-state index contributed by atoms with van der Waals surface area (Å²) in [4.78, 5) is 13.8. The molecule has 156 valence electrons. The maximum atomic E-state index is 12.5. The number of hydrogen-bond acceptors (Lipinski definition) is 4. The molecule has 29 heavy (non-hydrogen) atoms. The van der Waals surface area contributed by atoms with E-state index in [2.05, 4.69) is 36.6 Å². The molecule has 0 saturated carbocycles. The van der Waals surface area contributed by atoms with E-state index in [1.807, 2.05) is 12.1 Å². The SMILES string of the molecule is CCC(C)c1ccc(NC(=S)Nc2sc3c(c2C(=O)OC)CCCCCC3)cc1. The highest BCUT2D eigenvalue weighted by Gasteiger charge is 2.25. The van der Waals surface area contributed by atoms with Crippen molar-refractivity contribution in [3.8, 4) is 0 Å². The Morgan fingerprint density at radius 1 is 1.14 bits per heavy atom. The molecule has 1 unspecified atom stereocenters. The summed E-state index contributed by atoms with van der Waals surface area (Å²) in [5, 5.41) is 7.77. The molecular formula is C23H30N2O2S2. The number of fused-ring (bicyclic) bond motifs is 1. The summed E-state index contributed by atoms with van der Waals surface area (Å²) in [6.07, 6.45) is 7.80. The molecule has 4 nitrogen and oxygen atoms in total. The Labute approximate surface area is 183 Å². The number of thiocarbonyl (C=S) groups is 1. The van der Waals surface area contributed by atoms with Crippen LogP contribution in [0.5, 0.6) is 0 Å². The third-order valence-corrected chi connectivity index (χ3v) is 7.05. The maximum Gasteiger partial charge on any atom is 0.341 e. The van der Waals surface area contributed by atoms with Crippen LogP contribution >= 0.6 is 23.6 Å². The number of benzene rings is 1. The molecule has 0 aliphatic heterocycles. The van der Waals surface area contributed by atoms with Crippen LogP contribution in [0, 0.1) is 0 Å². The van der Waals surface area contributed by atoms with Crippen molar-refractivity contribution >= 4 is 45.3 Å². The Morgan fingerprint density at radius 2 is 1.83 bits per heavy atom. The second kappa shape index (κ2) is 10.2. The molecule has 1 aromatic carbocycles. The van der Waals surface area contributed by atoms with Crippen molar-refractivity contribution in [2.75, 3.05) is 17.7 Å². The average molecular weight is 431 g/mol. The molecule has 1 aliphatic rings. The van der Waals surface area contributed by atoms with Gasteiger partial charge in [0.05, 0.1) is 12.7 Å². The molecule has 1 heterocycles. The lowest BCUT2D eigenvalue weighted by Crippen LogP contribution is -2.20. The van der Waals surface area contributed by atoms with Gasteiger partial charge in [0.2, 0.25) is 0 Å². The van der Waals surface area contributed by atoms with Gasteiger partial charge in [0.25, 0.3) is 0 Å². The van der Waals surface area contributed by atoms with Gasteiger partial charge in [-0.15, -0.1) is 11.3 Å². The van der Waals surface area contributed by atoms with Crippen molar-refractivity contribution in [1.29, 1.82) is 0 Å². The van der Waals surface area contributed by atoms with Crippen LogP contribution in [-0.2, 0) is 17.6 Å². The number of carbonyl (C=O) groups excluding carboxylic acids is 1. The Kier molecular flexibility index (Phi) is 7.67. The summed E-state index contributed by atoms with van der Waals surface area (Å²) in [5.74, 6) is 0.258. The summed E-state index contributed by atoms with van der Waals surface area (Å²) in [5.41, 5.74) is 4.06. The third kappa shape index (κ3) is 5.37. The first-order valence-corrected chi connectivity index (χ1v) is 11.7. The molecule has 2 N–H and O–H groups in total. The first-order valence-electron chi connectivity index (χ1n) is 10.4. The van der Waals surface area contributed by atoms with Crippen LogP contribution in [0.15, 0.2) is 24.3 Å². The zero-order valence-corrected chi connectivity index (χ0v) is 19.1. The minimum atomic E-state index is -0.286. The Balaban J connectivity index is 1.77. The highest BCUT2D eigenvalue weighted by molar-refractivity contribution is 7.80. The second-order valence-electron chi connectivity index (χ2n) is 7.62. The normalized spacial score (nSPS) is 14.9. The molecule has 0 bridgehead atoms. The van der Waals surface area contributed by atoms with Gasteiger partial charge < -0.3 is 15.4 Å². The summed E-state index contributed by atoms with van der Waals surface area (Å²) in [6, 6.07) is 8.36. The van der Waals surface area contributed by atoms with Gasteiger partial charge in [0.1, 0.15) is 5.00 Å². The number of carbonyl (C=O) groups is 1. The van der Waals surface area contributed by atoms with Crippen LogP contribution in [0.4, 0.5) is 10.7 Å². The zero-order chi connectivity index (χ0) is 20.8. The van der Waals surface area contributed by atoms with Crippen molar-refractivity contribution in [1.82, 2.24) is 0 Å². The lowest BCUT2D eigenvalue weighted by atomic mass is 9.96. The van der Waals surface area contributed by atoms with Crippen molar-refractivity contribution in [2.45, 2.75) is 64.7 Å². The largest absolute Gasteiger partial charge is 0.465 e. The van der Waals surface area contributed by atoms with E-state index in [4.69, 9.17) is 17.0 Å². The van der Waals surface area contributed by atoms with Gasteiger partial charge in [0, 0.05) is 10.6 Å². The van der Waals surface area contributed by atoms with Crippen molar-refractivity contribution < 1.29 is 9.53 Å². The van der Waals surface area contributed by atoms with E-state index in [9.17, 15) is 4.79 Å². The molecule has 0 spiro atoms. The molecule has 0 radical (unpaired) electrons. The average Bonchev–Trinajstić information content (AvgIpc) is 3.03. The first kappa shape index (κ1) is 21.8. The van der Waals surface area contributed by atoms with Gasteiger partial charge in [0.15, 0.2) is 5.11 Å². The van der Waals surface area contributed by atoms with Gasteiger partial charge in [-0.1, -0.05) is 38.8 Å². The number of methoxy groups -OCH3 is 1. The van der Waals surface area contributed by atoms with Crippen molar-refractivity contribution in [3.05, 3.63) is 45.8 Å². The number of hydrogen-bond donors (Lipinski definition) is 2. The number of esters is 1. The van der Waals surface area contributed by atoms with E-state index in [0.717, 1.165) is 41.9 Å². The monoisotopic (exact) mass is 430 g/mol. The number of rotatable bonds is 5. The minimum absolute atomic E-state index is 0.286. The van der Waals surface area contributed by atoms with Crippen molar-refractivity contribution in [2.24, 2.45) is 0 Å². The van der Waals surface area contributed by atoms with Crippen LogP contribution in [0.25, 0.3) is 0 Å². The van der Waals surface area contributed by atoms with Crippen LogP contribution < -0.4 is 10.6 Å². The Bertz CT molecular complexity index is 859. The van der Waals surface area contributed by atoms with Crippen LogP contribution in [-0.4, -0.2) is 18.2 Å². The molecule has 3 rings (SSSR count). The minimum Gasteiger partial charge on any atom is -0.465 e. The van der Waals surface area contributed by atoms with E-state index in [0.29, 0.717) is 16.6 Å². The van der Waals surface area contributed by atoms with Gasteiger partial charge >= 0.3 is 5.97 Å². The molecular weight excluding hydrogens is 400 g/mol. The van der Waals surface area contributed by atoms with Gasteiger partial charge in [-0.25, -0.2) is 4.79 Å². The number of aryl methyl sites for hydroxylation is 1. The molecule has 0 amide bonds. The van der Waals surface area contributed by atoms with E-state index in [1.54, 1.807) is 11.3 Å². The third-order valence-electron chi connectivity index (χ3n) is 5.64. The molecule has 1 aliphatic carbocycles. The fraction of sp³-hybridized carbons (Fsp3) is 0.478. The summed E-state index contributed by atoms with van der Waals surface area (Å²) < 4.78 is 5.08. The Morgan fingerprint density at radius 3 is 2.48 bits per heavy atom. The second-order valence-corrected chi connectivity index (χ2v) is 9.14. The van der Waals surface area contributed by atoms with Crippen molar-refractivity contribution in [3.63, 3.8) is 0 Å². The predicted molar refractivity (Wildman–Crippen MR) is 127 cm³/mol. The smallest absolute Gasteiger partial charge is 0.341 e. The molecule has 1 atom stereocenters. The van der Waals surface area contributed by atoms with Crippen LogP contribution in [0.3, 0.4) is 0 Å². The topological polar surface area (TPSA) is 50.4 Å². The van der Waals surface area contributed by atoms with Gasteiger partial charge in [-0.2, -0.15) is 0 Å². The van der Waals surface area contributed by atoms with Crippen LogP contribution in [0.2, 0.25) is 0 Å². The lowest BCUT2D eigenvalue weighted by molar-refractivity contribution is 0.0601. The van der Waals surface area contributed by atoms with Gasteiger partial charge in [-0.3, -0.25) is 0 Å². The number of nitrogens with one attached hydrogen (secondary N) is 2. The van der Waals surface area contributed by atoms with Gasteiger partial charge in [-0.05, 0) is 73.5 Å². The highest BCUT2D eigenvalue weighted by Crippen LogP contribution is 2.37. The molecule has 0 fully saturated rings. The molecule has 0 saturated heterocycles. The number of thiophene rings is 1. The summed E-state index contributed by atoms with van der Waals surface area (Å²) >= 11 is 7.17. The standard InChI is InChI=1S/C23H30N2O2S2/c1-4-15(2)16-11-13-17(14-12-16)24-23(28)25-21-20(22(26)27-3)18-9-7-5-6-8-10-19(18)29-21/h11-15H,4-10H2,1-3H3,(H2,24,25,28). The fourth-order valence-electron chi connectivity index (χ4n) is 3.72. The van der Waals surface area contributed by atoms with Crippen LogP contribution in [0.1, 0.15) is 78.2 Å². The van der Waals surface area contributed by atoms with E-state index < -0.39 is 0 Å². The first-order chi connectivity index (χ1) is 14.0. The van der Waals surface area contributed by atoms with E-state index in [1.165, 1.54) is 36.8 Å². The molecule has 1 aromatic heterocycles. The number of anilines is 2. The summed E-state index contributed by atoms with van der Waals surface area (Å²) in [6.45, 7) is 4.42. The molecule has 6 heteroatoms. The zero-order valence-electron chi connectivity index (χ0n) is 17.5. The molecule has 2 aromatic rings. The summed E-state index contributed by atoms with van der Waals surface area (Å²) in [7, 11) is 1.44. The predicted octanol–water partition coefficient (Wildman–Crippen LogP) is 6.52. The quantitative estimate of drug-likeness (QED) is 0.418. The lowest BCUT2D eigenvalue weighted by Gasteiger charge is -2.13. The fourth-order valence-corrected chi connectivity index (χ4v) is 5.29.